The number of benzene rings is 2. The Kier molecular flexibility index (Phi) is 9.32. The molecule has 1 aliphatic carbocycles. The van der Waals surface area contributed by atoms with Crippen molar-refractivity contribution in [3.63, 3.8) is 0 Å². The summed E-state index contributed by atoms with van der Waals surface area (Å²) >= 11 is 0. The average molecular weight is 519 g/mol. The number of hydrogen-bond donors (Lipinski definition) is 2. The van der Waals surface area contributed by atoms with Gasteiger partial charge in [0.25, 0.3) is 0 Å². The molecule has 2 atom stereocenters. The SMILES string of the molecule is Cc1ccc(S(=O)(=O)NCCc2ccc(C3=CCC(C(C)CNS(=O)(=O)C(C)C)CC3)cc2)cc1. The van der Waals surface area contributed by atoms with E-state index in [1.165, 1.54) is 11.1 Å². The first-order valence-corrected chi connectivity index (χ1v) is 15.3. The van der Waals surface area contributed by atoms with Crippen LogP contribution in [0.15, 0.2) is 59.5 Å². The average Bonchev–Trinajstić information content (AvgIpc) is 2.83. The first-order valence-electron chi connectivity index (χ1n) is 12.3. The number of rotatable bonds is 11. The van der Waals surface area contributed by atoms with Gasteiger partial charge in [0.1, 0.15) is 0 Å². The van der Waals surface area contributed by atoms with E-state index in [4.69, 9.17) is 0 Å². The maximum atomic E-state index is 12.4. The second kappa shape index (κ2) is 11.8. The Morgan fingerprint density at radius 2 is 1.57 bits per heavy atom. The summed E-state index contributed by atoms with van der Waals surface area (Å²) in [4.78, 5) is 0.285. The number of allylic oxidation sites excluding steroid dienone is 2. The van der Waals surface area contributed by atoms with Crippen molar-refractivity contribution in [2.45, 2.75) is 63.5 Å². The summed E-state index contributed by atoms with van der Waals surface area (Å²) in [6, 6.07) is 15.2. The Balaban J connectivity index is 1.49. The van der Waals surface area contributed by atoms with Crippen molar-refractivity contribution < 1.29 is 16.8 Å². The third-order valence-electron chi connectivity index (χ3n) is 6.85. The molecule has 0 heterocycles. The fourth-order valence-electron chi connectivity index (χ4n) is 4.23. The Labute approximate surface area is 211 Å². The lowest BCUT2D eigenvalue weighted by atomic mass is 9.80. The van der Waals surface area contributed by atoms with E-state index in [1.807, 2.05) is 6.92 Å². The number of hydrogen-bond acceptors (Lipinski definition) is 4. The van der Waals surface area contributed by atoms with Crippen molar-refractivity contribution in [3.05, 3.63) is 71.3 Å². The molecule has 0 bridgehead atoms. The molecule has 2 aromatic carbocycles. The highest BCUT2D eigenvalue weighted by Crippen LogP contribution is 2.34. The van der Waals surface area contributed by atoms with Gasteiger partial charge in [-0.1, -0.05) is 55.0 Å². The van der Waals surface area contributed by atoms with Gasteiger partial charge < -0.3 is 0 Å². The molecule has 2 N–H and O–H groups in total. The van der Waals surface area contributed by atoms with Gasteiger partial charge in [-0.15, -0.1) is 0 Å². The smallest absolute Gasteiger partial charge is 0.215 e. The van der Waals surface area contributed by atoms with Crippen LogP contribution in [-0.2, 0) is 26.5 Å². The molecule has 0 saturated heterocycles. The predicted octanol–water partition coefficient (Wildman–Crippen LogP) is 4.66. The summed E-state index contributed by atoms with van der Waals surface area (Å²) in [5.41, 5.74) is 4.63. The lowest BCUT2D eigenvalue weighted by Crippen LogP contribution is -2.36. The number of sulfonamides is 2. The zero-order valence-corrected chi connectivity index (χ0v) is 22.8. The number of nitrogens with one attached hydrogen (secondary N) is 2. The van der Waals surface area contributed by atoms with E-state index >= 15 is 0 Å². The molecule has 1 aliphatic rings. The summed E-state index contributed by atoms with van der Waals surface area (Å²) in [5.74, 6) is 0.752. The first kappa shape index (κ1) is 27.6. The van der Waals surface area contributed by atoms with Crippen molar-refractivity contribution in [1.29, 1.82) is 0 Å². The van der Waals surface area contributed by atoms with E-state index in [9.17, 15) is 16.8 Å². The zero-order chi connectivity index (χ0) is 25.6. The van der Waals surface area contributed by atoms with Gasteiger partial charge in [-0.2, -0.15) is 0 Å². The fourth-order valence-corrected chi connectivity index (χ4v) is 6.09. The van der Waals surface area contributed by atoms with Crippen molar-refractivity contribution in [3.8, 4) is 0 Å². The van der Waals surface area contributed by atoms with Crippen LogP contribution in [0.5, 0.6) is 0 Å². The quantitative estimate of drug-likeness (QED) is 0.452. The molecule has 0 aliphatic heterocycles. The highest BCUT2D eigenvalue weighted by molar-refractivity contribution is 7.90. The van der Waals surface area contributed by atoms with Crippen LogP contribution in [0.25, 0.3) is 5.57 Å². The maximum Gasteiger partial charge on any atom is 0.240 e. The predicted molar refractivity (Wildman–Crippen MR) is 143 cm³/mol. The Bertz CT molecular complexity index is 1220. The summed E-state index contributed by atoms with van der Waals surface area (Å²) in [6.45, 7) is 8.26. The molecule has 6 nitrogen and oxygen atoms in total. The zero-order valence-electron chi connectivity index (χ0n) is 21.1. The Hall–Kier alpha value is -2.00. The highest BCUT2D eigenvalue weighted by Gasteiger charge is 2.23. The van der Waals surface area contributed by atoms with E-state index in [0.717, 1.165) is 30.4 Å². The van der Waals surface area contributed by atoms with Crippen LogP contribution in [0, 0.1) is 18.8 Å². The van der Waals surface area contributed by atoms with Crippen LogP contribution in [0.2, 0.25) is 0 Å². The van der Waals surface area contributed by atoms with Crippen LogP contribution in [0.1, 0.15) is 56.7 Å². The lowest BCUT2D eigenvalue weighted by molar-refractivity contribution is 0.334. The van der Waals surface area contributed by atoms with Gasteiger partial charge in [0.2, 0.25) is 20.0 Å². The van der Waals surface area contributed by atoms with Gasteiger partial charge in [0, 0.05) is 13.1 Å². The fraction of sp³-hybridized carbons (Fsp3) is 0.481. The van der Waals surface area contributed by atoms with E-state index in [2.05, 4.69) is 46.7 Å². The van der Waals surface area contributed by atoms with Gasteiger partial charge in [-0.05, 0) is 87.1 Å². The minimum absolute atomic E-state index is 0.285. The van der Waals surface area contributed by atoms with Gasteiger partial charge >= 0.3 is 0 Å². The molecule has 192 valence electrons. The largest absolute Gasteiger partial charge is 0.240 e. The molecule has 35 heavy (non-hydrogen) atoms. The maximum absolute atomic E-state index is 12.4. The Morgan fingerprint density at radius 3 is 2.14 bits per heavy atom. The van der Waals surface area contributed by atoms with E-state index in [-0.39, 0.29) is 10.8 Å². The second-order valence-corrected chi connectivity index (χ2v) is 13.9. The van der Waals surface area contributed by atoms with Gasteiger partial charge in [0.05, 0.1) is 10.1 Å². The molecule has 8 heteroatoms. The normalized spacial score (nSPS) is 17.9. The summed E-state index contributed by atoms with van der Waals surface area (Å²) in [5, 5.41) is -0.413. The molecular formula is C27H38N2O4S2. The minimum Gasteiger partial charge on any atom is -0.215 e. The summed E-state index contributed by atoms with van der Waals surface area (Å²) in [6.07, 6.45) is 5.87. The van der Waals surface area contributed by atoms with Crippen molar-refractivity contribution in [1.82, 2.24) is 9.44 Å². The Morgan fingerprint density at radius 1 is 0.914 bits per heavy atom. The topological polar surface area (TPSA) is 92.3 Å². The molecule has 3 rings (SSSR count). The monoisotopic (exact) mass is 518 g/mol. The third-order valence-corrected chi connectivity index (χ3v) is 10.1. The number of aryl methyl sites for hydroxylation is 1. The molecular weight excluding hydrogens is 480 g/mol. The van der Waals surface area contributed by atoms with E-state index in [0.29, 0.717) is 25.4 Å². The second-order valence-electron chi connectivity index (χ2n) is 9.84. The molecule has 0 saturated carbocycles. The molecule has 2 unspecified atom stereocenters. The summed E-state index contributed by atoms with van der Waals surface area (Å²) in [7, 11) is -6.72. The standard InChI is InChI=1S/C27H38N2O4S2/c1-20(2)34(30,31)29-19-22(4)24-11-13-26(14-12-24)25-9-7-23(8-10-25)17-18-28-35(32,33)27-15-5-21(3)6-16-27/h5-10,13,15-16,20,22,24,28-29H,11-12,14,17-19H2,1-4H3. The van der Waals surface area contributed by atoms with Crippen molar-refractivity contribution in [2.24, 2.45) is 11.8 Å². The molecule has 0 radical (unpaired) electrons. The van der Waals surface area contributed by atoms with Crippen LogP contribution in [-0.4, -0.2) is 35.2 Å². The van der Waals surface area contributed by atoms with Gasteiger partial charge in [-0.3, -0.25) is 0 Å². The van der Waals surface area contributed by atoms with Crippen LogP contribution >= 0.6 is 0 Å². The van der Waals surface area contributed by atoms with E-state index < -0.39 is 25.3 Å². The first-order chi connectivity index (χ1) is 16.5. The van der Waals surface area contributed by atoms with Gasteiger partial charge in [-0.25, -0.2) is 26.3 Å². The minimum atomic E-state index is -3.50. The molecule has 0 fully saturated rings. The van der Waals surface area contributed by atoms with Crippen LogP contribution < -0.4 is 9.44 Å². The molecule has 0 amide bonds. The third kappa shape index (κ3) is 7.74. The van der Waals surface area contributed by atoms with Crippen molar-refractivity contribution in [2.75, 3.05) is 13.1 Å². The lowest BCUT2D eigenvalue weighted by Gasteiger charge is -2.28. The highest BCUT2D eigenvalue weighted by atomic mass is 32.2. The molecule has 0 spiro atoms. The van der Waals surface area contributed by atoms with Crippen LogP contribution in [0.3, 0.4) is 0 Å². The molecule has 2 aromatic rings. The van der Waals surface area contributed by atoms with E-state index in [1.54, 1.807) is 38.1 Å². The summed E-state index contributed by atoms with van der Waals surface area (Å²) < 4.78 is 54.3. The van der Waals surface area contributed by atoms with Gasteiger partial charge in [0.15, 0.2) is 0 Å². The van der Waals surface area contributed by atoms with Crippen molar-refractivity contribution >= 4 is 25.6 Å². The molecule has 0 aromatic heterocycles. The van der Waals surface area contributed by atoms with Crippen LogP contribution in [0.4, 0.5) is 0 Å².